The molecule has 2 aromatic heterocycles. The summed E-state index contributed by atoms with van der Waals surface area (Å²) in [5, 5.41) is 1.80. The largest absolute Gasteiger partial charge is 0.294 e. The Labute approximate surface area is 143 Å². The summed E-state index contributed by atoms with van der Waals surface area (Å²) in [6, 6.07) is 7.51. The van der Waals surface area contributed by atoms with Gasteiger partial charge in [-0.1, -0.05) is 0 Å². The Hall–Kier alpha value is -2.45. The number of benzene rings is 1. The minimum absolute atomic E-state index is 0.339. The maximum Gasteiger partial charge on any atom is 0.294 e. The van der Waals surface area contributed by atoms with Gasteiger partial charge in [0.1, 0.15) is 23.0 Å². The van der Waals surface area contributed by atoms with Crippen molar-refractivity contribution in [2.24, 2.45) is 0 Å². The molecule has 2 heterocycles. The van der Waals surface area contributed by atoms with Crippen molar-refractivity contribution in [3.63, 3.8) is 0 Å². The molecule has 3 aromatic rings. The Kier molecular flexibility index (Phi) is 4.50. The molecular weight excluding hydrogens is 331 g/mol. The second-order valence-corrected chi connectivity index (χ2v) is 5.37. The average molecular weight is 346 g/mol. The maximum absolute atomic E-state index is 13.3. The number of thiol groups is 1. The first-order valence-electron chi connectivity index (χ1n) is 7.11. The number of hydroxylamine groups is 2. The third-order valence-electron chi connectivity index (χ3n) is 3.60. The van der Waals surface area contributed by atoms with E-state index in [1.54, 1.807) is 29.0 Å². The first kappa shape index (κ1) is 16.4. The second-order valence-electron chi connectivity index (χ2n) is 5.05. The van der Waals surface area contributed by atoms with Gasteiger partial charge in [-0.05, 0) is 30.3 Å². The van der Waals surface area contributed by atoms with E-state index in [-0.39, 0.29) is 11.7 Å². The summed E-state index contributed by atoms with van der Waals surface area (Å²) >= 11 is 4.19. The molecule has 24 heavy (non-hydrogen) atoms. The molecule has 8 heteroatoms. The predicted octanol–water partition coefficient (Wildman–Crippen LogP) is 2.62. The average Bonchev–Trinajstić information content (AvgIpc) is 2.99. The molecule has 1 amide bonds. The van der Waals surface area contributed by atoms with E-state index in [2.05, 4.69) is 22.6 Å². The van der Waals surface area contributed by atoms with E-state index in [1.807, 2.05) is 0 Å². The topological polar surface area (TPSA) is 60.2 Å². The lowest BCUT2D eigenvalue weighted by Crippen LogP contribution is -2.27. The van der Waals surface area contributed by atoms with Crippen LogP contribution in [0.1, 0.15) is 16.3 Å². The SMILES string of the molecule is CON(C)C(=O)c1cc2cnc(CS)nc2n1-c1ccc(F)cc1. The fourth-order valence-electron chi connectivity index (χ4n) is 2.35. The lowest BCUT2D eigenvalue weighted by Gasteiger charge is -2.16. The van der Waals surface area contributed by atoms with Crippen molar-refractivity contribution in [2.75, 3.05) is 14.2 Å². The van der Waals surface area contributed by atoms with Gasteiger partial charge in [0.25, 0.3) is 5.91 Å². The molecule has 0 saturated carbocycles. The van der Waals surface area contributed by atoms with Crippen LogP contribution in [0.3, 0.4) is 0 Å². The standard InChI is InChI=1S/C16H15FN4O2S/c1-20(23-2)16(22)13-7-10-8-18-14(9-24)19-15(10)21(13)12-5-3-11(17)4-6-12/h3-8,24H,9H2,1-2H3. The molecule has 6 nitrogen and oxygen atoms in total. The van der Waals surface area contributed by atoms with E-state index < -0.39 is 0 Å². The summed E-state index contributed by atoms with van der Waals surface area (Å²) in [4.78, 5) is 26.2. The zero-order valence-electron chi connectivity index (χ0n) is 13.1. The zero-order chi connectivity index (χ0) is 17.3. The van der Waals surface area contributed by atoms with Gasteiger partial charge in [-0.25, -0.2) is 19.4 Å². The van der Waals surface area contributed by atoms with E-state index in [0.717, 1.165) is 5.06 Å². The highest BCUT2D eigenvalue weighted by atomic mass is 32.1. The molecule has 1 aromatic carbocycles. The number of carbonyl (C=O) groups excluding carboxylic acids is 1. The Bertz CT molecular complexity index is 895. The third kappa shape index (κ3) is 2.85. The molecule has 0 unspecified atom stereocenters. The second kappa shape index (κ2) is 6.58. The molecule has 0 aliphatic rings. The maximum atomic E-state index is 13.3. The number of nitrogens with zero attached hydrogens (tertiary/aromatic N) is 4. The molecule has 0 aliphatic heterocycles. The first-order chi connectivity index (χ1) is 11.5. The van der Waals surface area contributed by atoms with Gasteiger partial charge in [0.05, 0.1) is 12.9 Å². The van der Waals surface area contributed by atoms with Gasteiger partial charge in [-0.2, -0.15) is 12.6 Å². The van der Waals surface area contributed by atoms with Crippen LogP contribution in [0.5, 0.6) is 0 Å². The molecule has 0 fully saturated rings. The van der Waals surface area contributed by atoms with Crippen LogP contribution >= 0.6 is 12.6 Å². The number of amides is 1. The molecule has 0 atom stereocenters. The van der Waals surface area contributed by atoms with Crippen molar-refractivity contribution in [3.05, 3.63) is 53.9 Å². The van der Waals surface area contributed by atoms with Gasteiger partial charge >= 0.3 is 0 Å². The van der Waals surface area contributed by atoms with E-state index >= 15 is 0 Å². The van der Waals surface area contributed by atoms with Gasteiger partial charge in [0, 0.05) is 24.3 Å². The summed E-state index contributed by atoms with van der Waals surface area (Å²) in [7, 11) is 2.92. The molecule has 3 rings (SSSR count). The van der Waals surface area contributed by atoms with Crippen molar-refractivity contribution >= 4 is 29.6 Å². The molecule has 0 spiro atoms. The van der Waals surface area contributed by atoms with Crippen LogP contribution in [0.2, 0.25) is 0 Å². The van der Waals surface area contributed by atoms with E-state index in [9.17, 15) is 9.18 Å². The summed E-state index contributed by atoms with van der Waals surface area (Å²) in [5.41, 5.74) is 1.50. The Morgan fingerprint density at radius 2 is 2.08 bits per heavy atom. The summed E-state index contributed by atoms with van der Waals surface area (Å²) in [6.45, 7) is 0. The number of fused-ring (bicyclic) bond motifs is 1. The molecular formula is C16H15FN4O2S. The van der Waals surface area contributed by atoms with Crippen molar-refractivity contribution in [3.8, 4) is 5.69 Å². The molecule has 0 saturated heterocycles. The lowest BCUT2D eigenvalue weighted by molar-refractivity contribution is -0.0761. The highest BCUT2D eigenvalue weighted by Gasteiger charge is 2.21. The van der Waals surface area contributed by atoms with Gasteiger partial charge in [-0.15, -0.1) is 0 Å². The van der Waals surface area contributed by atoms with Crippen LogP contribution in [0.25, 0.3) is 16.7 Å². The zero-order valence-corrected chi connectivity index (χ0v) is 14.0. The minimum Gasteiger partial charge on any atom is -0.289 e. The smallest absolute Gasteiger partial charge is 0.289 e. The van der Waals surface area contributed by atoms with Crippen molar-refractivity contribution in [1.29, 1.82) is 0 Å². The van der Waals surface area contributed by atoms with Crippen molar-refractivity contribution < 1.29 is 14.0 Å². The summed E-state index contributed by atoms with van der Waals surface area (Å²) in [6.07, 6.45) is 1.64. The number of hydrogen-bond donors (Lipinski definition) is 1. The normalized spacial score (nSPS) is 11.0. The Balaban J connectivity index is 2.28. The quantitative estimate of drug-likeness (QED) is 0.583. The molecule has 124 valence electrons. The number of aromatic nitrogens is 3. The first-order valence-corrected chi connectivity index (χ1v) is 7.74. The van der Waals surface area contributed by atoms with Gasteiger partial charge in [-0.3, -0.25) is 14.2 Å². The van der Waals surface area contributed by atoms with Crippen LogP contribution in [-0.4, -0.2) is 39.7 Å². The summed E-state index contributed by atoms with van der Waals surface area (Å²) in [5.74, 6) is 0.188. The van der Waals surface area contributed by atoms with Crippen LogP contribution in [0.15, 0.2) is 36.5 Å². The number of carbonyl (C=O) groups is 1. The Morgan fingerprint density at radius 3 is 2.71 bits per heavy atom. The van der Waals surface area contributed by atoms with Crippen LogP contribution in [0, 0.1) is 5.82 Å². The van der Waals surface area contributed by atoms with Crippen LogP contribution in [0.4, 0.5) is 4.39 Å². The third-order valence-corrected chi connectivity index (χ3v) is 3.88. The lowest BCUT2D eigenvalue weighted by atomic mass is 10.3. The number of halogens is 1. The highest BCUT2D eigenvalue weighted by Crippen LogP contribution is 2.24. The summed E-state index contributed by atoms with van der Waals surface area (Å²) < 4.78 is 14.9. The van der Waals surface area contributed by atoms with Gasteiger partial charge in [0.15, 0.2) is 0 Å². The minimum atomic E-state index is -0.359. The molecule has 0 bridgehead atoms. The Morgan fingerprint density at radius 1 is 1.38 bits per heavy atom. The van der Waals surface area contributed by atoms with Crippen molar-refractivity contribution in [1.82, 2.24) is 19.6 Å². The number of rotatable bonds is 4. The van der Waals surface area contributed by atoms with E-state index in [1.165, 1.54) is 26.3 Å². The monoisotopic (exact) mass is 346 g/mol. The fourth-order valence-corrected chi connectivity index (χ4v) is 2.51. The fraction of sp³-hybridized carbons (Fsp3) is 0.188. The van der Waals surface area contributed by atoms with E-state index in [4.69, 9.17) is 4.84 Å². The predicted molar refractivity (Wildman–Crippen MR) is 90.6 cm³/mol. The van der Waals surface area contributed by atoms with Gasteiger partial charge < -0.3 is 0 Å². The molecule has 0 aliphatic carbocycles. The number of hydrogen-bond acceptors (Lipinski definition) is 5. The van der Waals surface area contributed by atoms with Crippen LogP contribution in [-0.2, 0) is 10.6 Å². The molecule has 0 radical (unpaired) electrons. The van der Waals surface area contributed by atoms with Crippen LogP contribution < -0.4 is 0 Å². The van der Waals surface area contributed by atoms with E-state index in [0.29, 0.717) is 34.0 Å². The highest BCUT2D eigenvalue weighted by molar-refractivity contribution is 7.79. The van der Waals surface area contributed by atoms with Crippen molar-refractivity contribution in [2.45, 2.75) is 5.75 Å². The molecule has 0 N–H and O–H groups in total. The van der Waals surface area contributed by atoms with Gasteiger partial charge in [0.2, 0.25) is 0 Å².